The van der Waals surface area contributed by atoms with Gasteiger partial charge in [-0.2, -0.15) is 0 Å². The van der Waals surface area contributed by atoms with Gasteiger partial charge in [-0.3, -0.25) is 4.79 Å². The molecular weight excluding hydrogens is 360 g/mol. The van der Waals surface area contributed by atoms with Crippen molar-refractivity contribution in [3.05, 3.63) is 119 Å². The van der Waals surface area contributed by atoms with Gasteiger partial charge in [-0.05, 0) is 48.9 Å². The van der Waals surface area contributed by atoms with E-state index in [1.165, 1.54) is 11.1 Å². The fourth-order valence-corrected chi connectivity index (χ4v) is 3.39. The van der Waals surface area contributed by atoms with Gasteiger partial charge in [0.2, 0.25) is 0 Å². The smallest absolute Gasteiger partial charge is 0.254 e. The average molecular weight is 384 g/mol. The van der Waals surface area contributed by atoms with E-state index in [9.17, 15) is 4.79 Å². The van der Waals surface area contributed by atoms with Crippen LogP contribution >= 0.6 is 0 Å². The number of amides is 1. The number of aryl methyl sites for hydroxylation is 1. The molecule has 4 rings (SSSR count). The molecular formula is C25H24N2O2. The van der Waals surface area contributed by atoms with E-state index in [1.807, 2.05) is 53.4 Å². The van der Waals surface area contributed by atoms with Crippen molar-refractivity contribution in [2.24, 2.45) is 0 Å². The second kappa shape index (κ2) is 8.65. The highest BCUT2D eigenvalue weighted by Gasteiger charge is 2.19. The maximum absolute atomic E-state index is 13.2. The lowest BCUT2D eigenvalue weighted by atomic mass is 10.1. The summed E-state index contributed by atoms with van der Waals surface area (Å²) in [7, 11) is 0. The van der Waals surface area contributed by atoms with E-state index < -0.39 is 0 Å². The van der Waals surface area contributed by atoms with Gasteiger partial charge < -0.3 is 13.9 Å². The molecule has 0 bridgehead atoms. The van der Waals surface area contributed by atoms with Gasteiger partial charge in [-0.1, -0.05) is 48.0 Å². The van der Waals surface area contributed by atoms with Crippen molar-refractivity contribution in [1.29, 1.82) is 0 Å². The Kier molecular flexibility index (Phi) is 5.61. The zero-order valence-corrected chi connectivity index (χ0v) is 16.5. The Bertz CT molecular complexity index is 1050. The van der Waals surface area contributed by atoms with Crippen LogP contribution in [0.5, 0.6) is 0 Å². The molecule has 0 atom stereocenters. The molecule has 4 aromatic rings. The van der Waals surface area contributed by atoms with Crippen molar-refractivity contribution in [2.75, 3.05) is 0 Å². The van der Waals surface area contributed by atoms with E-state index in [1.54, 1.807) is 6.26 Å². The van der Waals surface area contributed by atoms with Crippen molar-refractivity contribution in [2.45, 2.75) is 26.6 Å². The van der Waals surface area contributed by atoms with Gasteiger partial charge in [0.25, 0.3) is 5.91 Å². The van der Waals surface area contributed by atoms with Gasteiger partial charge >= 0.3 is 0 Å². The molecule has 2 aromatic heterocycles. The number of hydrogen-bond donors (Lipinski definition) is 0. The maximum atomic E-state index is 13.2. The molecule has 1 amide bonds. The predicted octanol–water partition coefficient (Wildman–Crippen LogP) is 5.28. The third-order valence-electron chi connectivity index (χ3n) is 4.98. The molecule has 0 aliphatic heterocycles. The summed E-state index contributed by atoms with van der Waals surface area (Å²) in [6.45, 7) is 3.80. The number of carbonyl (C=O) groups excluding carboxylic acids is 1. The molecule has 4 heteroatoms. The van der Waals surface area contributed by atoms with E-state index in [-0.39, 0.29) is 5.91 Å². The molecule has 2 aromatic carbocycles. The zero-order chi connectivity index (χ0) is 20.1. The highest BCUT2D eigenvalue weighted by Crippen LogP contribution is 2.17. The molecule has 146 valence electrons. The fourth-order valence-electron chi connectivity index (χ4n) is 3.39. The van der Waals surface area contributed by atoms with Gasteiger partial charge in [0.05, 0.1) is 19.4 Å². The number of hydrogen-bond acceptors (Lipinski definition) is 2. The zero-order valence-electron chi connectivity index (χ0n) is 16.5. The molecule has 0 aliphatic rings. The van der Waals surface area contributed by atoms with E-state index in [0.29, 0.717) is 18.7 Å². The maximum Gasteiger partial charge on any atom is 0.254 e. The van der Waals surface area contributed by atoms with Crippen LogP contribution in [0.2, 0.25) is 0 Å². The average Bonchev–Trinajstić information content (AvgIpc) is 3.42. The predicted molar refractivity (Wildman–Crippen MR) is 113 cm³/mol. The van der Waals surface area contributed by atoms with Gasteiger partial charge in [-0.25, -0.2) is 0 Å². The Morgan fingerprint density at radius 1 is 0.897 bits per heavy atom. The summed E-state index contributed by atoms with van der Waals surface area (Å²) in [4.78, 5) is 15.0. The first-order valence-electron chi connectivity index (χ1n) is 9.75. The molecule has 0 N–H and O–H groups in total. The summed E-state index contributed by atoms with van der Waals surface area (Å²) in [5.41, 5.74) is 4.25. The third-order valence-corrected chi connectivity index (χ3v) is 4.98. The molecule has 0 saturated heterocycles. The summed E-state index contributed by atoms with van der Waals surface area (Å²) in [6, 6.07) is 25.8. The number of benzene rings is 2. The number of furan rings is 1. The molecule has 0 aliphatic carbocycles. The van der Waals surface area contributed by atoms with Gasteiger partial charge in [-0.15, -0.1) is 0 Å². The standard InChI is InChI=1S/C25H24N2O2/c1-20-11-13-21(14-12-20)17-26-15-5-9-23(26)18-27(19-24-10-6-16-29-24)25(28)22-7-3-2-4-8-22/h2-16H,17-19H2,1H3. The van der Waals surface area contributed by atoms with Gasteiger partial charge in [0, 0.05) is 24.0 Å². The largest absolute Gasteiger partial charge is 0.467 e. The minimum Gasteiger partial charge on any atom is -0.467 e. The quantitative estimate of drug-likeness (QED) is 0.435. The molecule has 29 heavy (non-hydrogen) atoms. The van der Waals surface area contributed by atoms with Crippen molar-refractivity contribution in [3.8, 4) is 0 Å². The molecule has 0 radical (unpaired) electrons. The Morgan fingerprint density at radius 2 is 1.69 bits per heavy atom. The lowest BCUT2D eigenvalue weighted by Crippen LogP contribution is -2.31. The minimum absolute atomic E-state index is 0.00918. The van der Waals surface area contributed by atoms with Crippen LogP contribution in [0.4, 0.5) is 0 Å². The summed E-state index contributed by atoms with van der Waals surface area (Å²) < 4.78 is 7.70. The Morgan fingerprint density at radius 3 is 2.41 bits per heavy atom. The molecule has 2 heterocycles. The SMILES string of the molecule is Cc1ccc(Cn2cccc2CN(Cc2ccco2)C(=O)c2ccccc2)cc1. The normalized spacial score (nSPS) is 10.8. The first-order chi connectivity index (χ1) is 14.2. The van der Waals surface area contributed by atoms with Crippen LogP contribution < -0.4 is 0 Å². The van der Waals surface area contributed by atoms with Crippen LogP contribution in [-0.2, 0) is 19.6 Å². The lowest BCUT2D eigenvalue weighted by molar-refractivity contribution is 0.0713. The summed E-state index contributed by atoms with van der Waals surface area (Å²) in [5.74, 6) is 0.760. The molecule has 0 saturated carbocycles. The topological polar surface area (TPSA) is 38.4 Å². The highest BCUT2D eigenvalue weighted by molar-refractivity contribution is 5.94. The number of rotatable bonds is 7. The number of carbonyl (C=O) groups is 1. The van der Waals surface area contributed by atoms with Crippen molar-refractivity contribution in [3.63, 3.8) is 0 Å². The summed E-state index contributed by atoms with van der Waals surface area (Å²) in [6.07, 6.45) is 3.70. The van der Waals surface area contributed by atoms with E-state index >= 15 is 0 Å². The number of aromatic nitrogens is 1. The van der Waals surface area contributed by atoms with Crippen LogP contribution in [-0.4, -0.2) is 15.4 Å². The third kappa shape index (κ3) is 4.66. The Balaban J connectivity index is 1.57. The molecule has 0 spiro atoms. The Labute approximate surface area is 171 Å². The van der Waals surface area contributed by atoms with Crippen LogP contribution in [0.1, 0.15) is 32.9 Å². The monoisotopic (exact) mass is 384 g/mol. The molecule has 0 unspecified atom stereocenters. The first kappa shape index (κ1) is 18.8. The number of nitrogens with zero attached hydrogens (tertiary/aromatic N) is 2. The highest BCUT2D eigenvalue weighted by atomic mass is 16.3. The van der Waals surface area contributed by atoms with E-state index in [2.05, 4.69) is 48.0 Å². The summed E-state index contributed by atoms with van der Waals surface area (Å²) >= 11 is 0. The molecule has 0 fully saturated rings. The van der Waals surface area contributed by atoms with Gasteiger partial charge in [0.1, 0.15) is 5.76 Å². The van der Waals surface area contributed by atoms with E-state index in [4.69, 9.17) is 4.42 Å². The lowest BCUT2D eigenvalue weighted by Gasteiger charge is -2.23. The van der Waals surface area contributed by atoms with Crippen molar-refractivity contribution >= 4 is 5.91 Å². The van der Waals surface area contributed by atoms with Crippen molar-refractivity contribution in [1.82, 2.24) is 9.47 Å². The Hall–Kier alpha value is -3.53. The van der Waals surface area contributed by atoms with Gasteiger partial charge in [0.15, 0.2) is 0 Å². The summed E-state index contributed by atoms with van der Waals surface area (Å²) in [5, 5.41) is 0. The first-order valence-corrected chi connectivity index (χ1v) is 9.75. The van der Waals surface area contributed by atoms with Crippen LogP contribution in [0, 0.1) is 6.92 Å². The van der Waals surface area contributed by atoms with Crippen molar-refractivity contribution < 1.29 is 9.21 Å². The van der Waals surface area contributed by atoms with Crippen LogP contribution in [0.3, 0.4) is 0 Å². The molecule has 4 nitrogen and oxygen atoms in total. The fraction of sp³-hybridized carbons (Fsp3) is 0.160. The van der Waals surface area contributed by atoms with Crippen LogP contribution in [0.25, 0.3) is 0 Å². The minimum atomic E-state index is -0.00918. The van der Waals surface area contributed by atoms with E-state index in [0.717, 1.165) is 18.0 Å². The second-order valence-electron chi connectivity index (χ2n) is 7.22. The second-order valence-corrected chi connectivity index (χ2v) is 7.22. The van der Waals surface area contributed by atoms with Crippen LogP contribution in [0.15, 0.2) is 95.7 Å².